The third-order valence-electron chi connectivity index (χ3n) is 3.75. The van der Waals surface area contributed by atoms with E-state index in [4.69, 9.17) is 4.74 Å². The summed E-state index contributed by atoms with van der Waals surface area (Å²) in [5.41, 5.74) is 0.923. The first kappa shape index (κ1) is 17.0. The molecule has 0 saturated carbocycles. The quantitative estimate of drug-likeness (QED) is 0.840. The molecule has 0 fully saturated rings. The van der Waals surface area contributed by atoms with Crippen LogP contribution in [0.2, 0.25) is 0 Å². The van der Waals surface area contributed by atoms with Gasteiger partial charge in [-0.25, -0.2) is 8.42 Å². The van der Waals surface area contributed by atoms with Gasteiger partial charge in [-0.2, -0.15) is 0 Å². The minimum absolute atomic E-state index is 0.0933. The topological polar surface area (TPSA) is 55.4 Å². The van der Waals surface area contributed by atoms with Crippen molar-refractivity contribution >= 4 is 9.84 Å². The molecule has 0 aliphatic carbocycles. The molecule has 1 N–H and O–H groups in total. The minimum atomic E-state index is -3.14. The van der Waals surface area contributed by atoms with Crippen LogP contribution in [-0.4, -0.2) is 33.6 Å². The molecule has 2 atom stereocenters. The molecular weight excluding hydrogens is 274 g/mol. The van der Waals surface area contributed by atoms with Crippen molar-refractivity contribution in [3.8, 4) is 5.75 Å². The number of rotatable bonds is 7. The Bertz CT molecular complexity index is 526. The fourth-order valence-corrected chi connectivity index (χ4v) is 3.96. The van der Waals surface area contributed by atoms with Crippen LogP contribution in [0.3, 0.4) is 0 Å². The molecule has 0 aliphatic rings. The number of hydrogen-bond donors (Lipinski definition) is 1. The van der Waals surface area contributed by atoms with Crippen molar-refractivity contribution in [2.75, 3.05) is 19.9 Å². The highest BCUT2D eigenvalue weighted by Crippen LogP contribution is 2.23. The van der Waals surface area contributed by atoms with Gasteiger partial charge in [0.25, 0.3) is 0 Å². The Balaban J connectivity index is 2.97. The van der Waals surface area contributed by atoms with E-state index in [1.807, 2.05) is 38.1 Å². The molecule has 0 radical (unpaired) electrons. The van der Waals surface area contributed by atoms with Crippen LogP contribution in [0.15, 0.2) is 24.3 Å². The van der Waals surface area contributed by atoms with Gasteiger partial charge in [0.05, 0.1) is 18.1 Å². The summed E-state index contributed by atoms with van der Waals surface area (Å²) in [4.78, 5) is 0. The molecule has 0 aliphatic heterocycles. The SMILES string of the molecule is CNC(CS(=O)(=O)C(C)C(C)C)c1cccc(OC)c1. The van der Waals surface area contributed by atoms with E-state index >= 15 is 0 Å². The summed E-state index contributed by atoms with van der Waals surface area (Å²) in [5, 5.41) is 2.74. The predicted octanol–water partition coefficient (Wildman–Crippen LogP) is 2.42. The Kier molecular flexibility index (Phi) is 6.02. The second-order valence-corrected chi connectivity index (χ2v) is 7.80. The standard InChI is InChI=1S/C15H25NO3S/c1-11(2)12(3)20(17,18)10-15(16-4)13-7-6-8-14(9-13)19-5/h6-9,11-12,15-16H,10H2,1-5H3. The molecule has 114 valence electrons. The van der Waals surface area contributed by atoms with E-state index in [-0.39, 0.29) is 23.0 Å². The first-order chi connectivity index (χ1) is 9.31. The van der Waals surface area contributed by atoms with Crippen LogP contribution in [0.4, 0.5) is 0 Å². The summed E-state index contributed by atoms with van der Waals surface area (Å²) in [6.07, 6.45) is 0. The Labute approximate surface area is 122 Å². The average molecular weight is 299 g/mol. The monoisotopic (exact) mass is 299 g/mol. The largest absolute Gasteiger partial charge is 0.497 e. The predicted molar refractivity (Wildman–Crippen MR) is 82.9 cm³/mol. The normalized spacial score (nSPS) is 15.1. The third kappa shape index (κ3) is 4.21. The Morgan fingerprint density at radius 2 is 1.90 bits per heavy atom. The van der Waals surface area contributed by atoms with E-state index in [1.165, 1.54) is 0 Å². The van der Waals surface area contributed by atoms with Crippen LogP contribution in [0, 0.1) is 5.92 Å². The average Bonchev–Trinajstić information content (AvgIpc) is 2.43. The highest BCUT2D eigenvalue weighted by atomic mass is 32.2. The number of benzene rings is 1. The van der Waals surface area contributed by atoms with Crippen molar-refractivity contribution in [3.05, 3.63) is 29.8 Å². The lowest BCUT2D eigenvalue weighted by atomic mass is 10.1. The van der Waals surface area contributed by atoms with E-state index in [0.29, 0.717) is 0 Å². The zero-order valence-electron chi connectivity index (χ0n) is 12.9. The van der Waals surface area contributed by atoms with Gasteiger partial charge in [0.15, 0.2) is 9.84 Å². The molecule has 1 aromatic rings. The molecule has 0 spiro atoms. The fourth-order valence-electron chi connectivity index (χ4n) is 2.00. The highest BCUT2D eigenvalue weighted by molar-refractivity contribution is 7.92. The fraction of sp³-hybridized carbons (Fsp3) is 0.600. The molecule has 0 bridgehead atoms. The Hall–Kier alpha value is -1.07. The van der Waals surface area contributed by atoms with Gasteiger partial charge in [0.2, 0.25) is 0 Å². The maximum absolute atomic E-state index is 12.4. The van der Waals surface area contributed by atoms with Crippen molar-refractivity contribution in [2.24, 2.45) is 5.92 Å². The Morgan fingerprint density at radius 1 is 1.25 bits per heavy atom. The smallest absolute Gasteiger partial charge is 0.155 e. The molecule has 4 nitrogen and oxygen atoms in total. The van der Waals surface area contributed by atoms with E-state index in [9.17, 15) is 8.42 Å². The summed E-state index contributed by atoms with van der Waals surface area (Å²) in [6, 6.07) is 7.28. The lowest BCUT2D eigenvalue weighted by Crippen LogP contribution is -2.32. The van der Waals surface area contributed by atoms with Crippen LogP contribution in [0.1, 0.15) is 32.4 Å². The van der Waals surface area contributed by atoms with Crippen LogP contribution >= 0.6 is 0 Å². The van der Waals surface area contributed by atoms with Crippen molar-refractivity contribution < 1.29 is 13.2 Å². The van der Waals surface area contributed by atoms with Crippen molar-refractivity contribution in [1.82, 2.24) is 5.32 Å². The third-order valence-corrected chi connectivity index (χ3v) is 6.22. The van der Waals surface area contributed by atoms with Gasteiger partial charge in [-0.1, -0.05) is 26.0 Å². The van der Waals surface area contributed by atoms with Gasteiger partial charge in [-0.05, 0) is 37.6 Å². The molecule has 20 heavy (non-hydrogen) atoms. The van der Waals surface area contributed by atoms with Gasteiger partial charge in [0.1, 0.15) is 5.75 Å². The first-order valence-electron chi connectivity index (χ1n) is 6.84. The van der Waals surface area contributed by atoms with Gasteiger partial charge >= 0.3 is 0 Å². The molecule has 0 amide bonds. The maximum atomic E-state index is 12.4. The zero-order chi connectivity index (χ0) is 15.3. The minimum Gasteiger partial charge on any atom is -0.497 e. The molecule has 1 aromatic carbocycles. The summed E-state index contributed by atoms with van der Waals surface area (Å²) < 4.78 is 30.0. The van der Waals surface area contributed by atoms with Crippen LogP contribution in [0.5, 0.6) is 5.75 Å². The second kappa shape index (κ2) is 7.09. The lowest BCUT2D eigenvalue weighted by molar-refractivity contribution is 0.413. The maximum Gasteiger partial charge on any atom is 0.155 e. The van der Waals surface area contributed by atoms with Crippen molar-refractivity contribution in [3.63, 3.8) is 0 Å². The van der Waals surface area contributed by atoms with Gasteiger partial charge in [0, 0.05) is 6.04 Å². The number of ether oxygens (including phenoxy) is 1. The zero-order valence-corrected chi connectivity index (χ0v) is 13.7. The summed E-state index contributed by atoms with van der Waals surface area (Å²) >= 11 is 0. The molecule has 0 heterocycles. The van der Waals surface area contributed by atoms with Crippen LogP contribution in [-0.2, 0) is 9.84 Å². The summed E-state index contributed by atoms with van der Waals surface area (Å²) in [5.74, 6) is 0.940. The number of hydrogen-bond acceptors (Lipinski definition) is 4. The second-order valence-electron chi connectivity index (χ2n) is 5.40. The van der Waals surface area contributed by atoms with Crippen molar-refractivity contribution in [2.45, 2.75) is 32.1 Å². The van der Waals surface area contributed by atoms with E-state index < -0.39 is 9.84 Å². The molecule has 2 unspecified atom stereocenters. The van der Waals surface area contributed by atoms with Crippen molar-refractivity contribution in [1.29, 1.82) is 0 Å². The van der Waals surface area contributed by atoms with Gasteiger partial charge in [-0.15, -0.1) is 0 Å². The summed E-state index contributed by atoms with van der Waals surface area (Å²) in [7, 11) is 0.238. The van der Waals surface area contributed by atoms with Crippen LogP contribution in [0.25, 0.3) is 0 Å². The first-order valence-corrected chi connectivity index (χ1v) is 8.56. The highest BCUT2D eigenvalue weighted by Gasteiger charge is 2.27. The molecular formula is C15H25NO3S. The molecule has 1 rings (SSSR count). The molecule has 0 saturated heterocycles. The van der Waals surface area contributed by atoms with Gasteiger partial charge in [-0.3, -0.25) is 0 Å². The van der Waals surface area contributed by atoms with E-state index in [0.717, 1.165) is 11.3 Å². The molecule has 5 heteroatoms. The van der Waals surface area contributed by atoms with E-state index in [1.54, 1.807) is 21.1 Å². The Morgan fingerprint density at radius 3 is 2.40 bits per heavy atom. The van der Waals surface area contributed by atoms with E-state index in [2.05, 4.69) is 5.32 Å². The summed E-state index contributed by atoms with van der Waals surface area (Å²) in [6.45, 7) is 5.64. The molecule has 0 aromatic heterocycles. The number of nitrogens with one attached hydrogen (secondary N) is 1. The van der Waals surface area contributed by atoms with Gasteiger partial charge < -0.3 is 10.1 Å². The van der Waals surface area contributed by atoms with Crippen LogP contribution < -0.4 is 10.1 Å². The lowest BCUT2D eigenvalue weighted by Gasteiger charge is -2.22. The number of sulfone groups is 1. The number of methoxy groups -OCH3 is 1.